The Bertz CT molecular complexity index is 2380. The standard InChI is InChI=1S/C48H44O/c1-28-8-14-34-36-16-10-30(24-42(36)46(2,3)40(34)22-28)32-12-18-38-39-19-13-33(27-45(39)48(6,7)44(38)26-32)31-11-17-37-35-15-9-29(20-21-49)23-41(35)47(4,5)43(37)25-31/h8-19,22-27,49H,20-21H2,1-7H3. The molecule has 0 aliphatic heterocycles. The first kappa shape index (κ1) is 30.3. The molecule has 6 aromatic rings. The second-order valence-electron chi connectivity index (χ2n) is 16.3. The van der Waals surface area contributed by atoms with Crippen molar-refractivity contribution >= 4 is 0 Å². The fourth-order valence-electron chi connectivity index (χ4n) is 9.38. The van der Waals surface area contributed by atoms with E-state index < -0.39 is 0 Å². The van der Waals surface area contributed by atoms with Crippen LogP contribution in [0.2, 0.25) is 0 Å². The zero-order valence-electron chi connectivity index (χ0n) is 29.8. The fraction of sp³-hybridized carbons (Fsp3) is 0.250. The van der Waals surface area contributed by atoms with Crippen LogP contribution in [0.4, 0.5) is 0 Å². The third-order valence-corrected chi connectivity index (χ3v) is 12.3. The third-order valence-electron chi connectivity index (χ3n) is 12.3. The first-order valence-corrected chi connectivity index (χ1v) is 17.8. The van der Waals surface area contributed by atoms with E-state index in [9.17, 15) is 5.11 Å². The molecule has 0 saturated carbocycles. The zero-order chi connectivity index (χ0) is 34.0. The van der Waals surface area contributed by atoms with Crippen LogP contribution < -0.4 is 0 Å². The van der Waals surface area contributed by atoms with Crippen LogP contribution in [0.15, 0.2) is 109 Å². The normalized spacial score (nSPS) is 16.4. The molecule has 242 valence electrons. The van der Waals surface area contributed by atoms with Crippen molar-refractivity contribution in [2.75, 3.05) is 6.61 Å². The molecule has 0 atom stereocenters. The van der Waals surface area contributed by atoms with Gasteiger partial charge in [0.15, 0.2) is 0 Å². The Morgan fingerprint density at radius 3 is 1.06 bits per heavy atom. The van der Waals surface area contributed by atoms with E-state index in [1.165, 1.54) is 100 Å². The minimum absolute atomic E-state index is 0.0201. The first-order chi connectivity index (χ1) is 23.4. The summed E-state index contributed by atoms with van der Waals surface area (Å²) >= 11 is 0. The van der Waals surface area contributed by atoms with Crippen molar-refractivity contribution in [3.63, 3.8) is 0 Å². The Morgan fingerprint density at radius 2 is 0.694 bits per heavy atom. The average Bonchev–Trinajstić information content (AvgIpc) is 3.56. The molecule has 1 nitrogen and oxygen atoms in total. The lowest BCUT2D eigenvalue weighted by molar-refractivity contribution is 0.299. The second-order valence-corrected chi connectivity index (χ2v) is 16.3. The van der Waals surface area contributed by atoms with Gasteiger partial charge in [0.1, 0.15) is 0 Å². The van der Waals surface area contributed by atoms with Crippen LogP contribution in [0, 0.1) is 6.92 Å². The predicted molar refractivity (Wildman–Crippen MR) is 206 cm³/mol. The Hall–Kier alpha value is -4.72. The van der Waals surface area contributed by atoms with E-state index in [0.717, 1.165) is 0 Å². The molecule has 0 heterocycles. The van der Waals surface area contributed by atoms with Gasteiger partial charge in [-0.1, -0.05) is 132 Å². The molecule has 0 aromatic heterocycles. The van der Waals surface area contributed by atoms with Crippen molar-refractivity contribution in [3.05, 3.63) is 154 Å². The highest BCUT2D eigenvalue weighted by atomic mass is 16.2. The summed E-state index contributed by atoms with van der Waals surface area (Å²) in [6, 6.07) is 42.0. The smallest absolute Gasteiger partial charge is 0.0471 e. The van der Waals surface area contributed by atoms with Crippen LogP contribution in [0.25, 0.3) is 55.6 Å². The van der Waals surface area contributed by atoms with E-state index in [1.807, 2.05) is 0 Å². The summed E-state index contributed by atoms with van der Waals surface area (Å²) in [7, 11) is 0. The van der Waals surface area contributed by atoms with Gasteiger partial charge in [0, 0.05) is 22.9 Å². The van der Waals surface area contributed by atoms with E-state index in [0.29, 0.717) is 6.42 Å². The molecule has 1 N–H and O–H groups in total. The third kappa shape index (κ3) is 4.21. The summed E-state index contributed by atoms with van der Waals surface area (Å²) < 4.78 is 0. The van der Waals surface area contributed by atoms with Crippen molar-refractivity contribution in [1.82, 2.24) is 0 Å². The van der Waals surface area contributed by atoms with Gasteiger partial charge in [0.25, 0.3) is 0 Å². The van der Waals surface area contributed by atoms with Gasteiger partial charge >= 0.3 is 0 Å². The van der Waals surface area contributed by atoms with Gasteiger partial charge in [-0.15, -0.1) is 0 Å². The molecule has 9 rings (SSSR count). The minimum Gasteiger partial charge on any atom is -0.396 e. The highest BCUT2D eigenvalue weighted by Gasteiger charge is 2.39. The molecule has 6 aromatic carbocycles. The Balaban J connectivity index is 1.07. The van der Waals surface area contributed by atoms with E-state index in [-0.39, 0.29) is 22.9 Å². The number of benzene rings is 6. The van der Waals surface area contributed by atoms with Gasteiger partial charge in [-0.3, -0.25) is 0 Å². The molecule has 0 fully saturated rings. The van der Waals surface area contributed by atoms with Gasteiger partial charge < -0.3 is 5.11 Å². The van der Waals surface area contributed by atoms with Crippen molar-refractivity contribution in [3.8, 4) is 55.6 Å². The summed E-state index contributed by atoms with van der Waals surface area (Å²) in [5.41, 5.74) is 23.9. The minimum atomic E-state index is -0.115. The Morgan fingerprint density at radius 1 is 0.388 bits per heavy atom. The summed E-state index contributed by atoms with van der Waals surface area (Å²) in [6.45, 7) is 16.6. The summed E-state index contributed by atoms with van der Waals surface area (Å²) in [4.78, 5) is 0. The number of aliphatic hydroxyl groups excluding tert-OH is 1. The van der Waals surface area contributed by atoms with Crippen LogP contribution in [-0.2, 0) is 22.7 Å². The lowest BCUT2D eigenvalue weighted by Gasteiger charge is -2.24. The molecule has 3 aliphatic rings. The van der Waals surface area contributed by atoms with Crippen molar-refractivity contribution in [2.45, 2.75) is 71.1 Å². The molecule has 0 amide bonds. The highest BCUT2D eigenvalue weighted by Crippen LogP contribution is 2.54. The summed E-state index contributed by atoms with van der Waals surface area (Å²) in [5.74, 6) is 0. The molecule has 0 unspecified atom stereocenters. The van der Waals surface area contributed by atoms with Gasteiger partial charge in [0.05, 0.1) is 0 Å². The number of aliphatic hydroxyl groups is 1. The van der Waals surface area contributed by atoms with Crippen molar-refractivity contribution in [1.29, 1.82) is 0 Å². The average molecular weight is 637 g/mol. The maximum absolute atomic E-state index is 9.54. The number of hydrogen-bond donors (Lipinski definition) is 1. The highest BCUT2D eigenvalue weighted by molar-refractivity contribution is 5.89. The van der Waals surface area contributed by atoms with Crippen LogP contribution in [0.1, 0.15) is 86.1 Å². The SMILES string of the molecule is Cc1ccc2c(c1)C(C)(C)c1cc(-c3ccc4c(c3)C(C)(C)c3cc(-c5ccc6c(c5)C(C)(C)c5cc(CCO)ccc5-6)ccc3-4)ccc1-2. The van der Waals surface area contributed by atoms with E-state index in [1.54, 1.807) is 0 Å². The first-order valence-electron chi connectivity index (χ1n) is 17.8. The second kappa shape index (κ2) is 10.2. The molecule has 0 radical (unpaired) electrons. The van der Waals surface area contributed by atoms with Crippen LogP contribution >= 0.6 is 0 Å². The lowest BCUT2D eigenvalue weighted by Crippen LogP contribution is -2.16. The fourth-order valence-corrected chi connectivity index (χ4v) is 9.38. The maximum atomic E-state index is 9.54. The number of hydrogen-bond acceptors (Lipinski definition) is 1. The van der Waals surface area contributed by atoms with Crippen LogP contribution in [0.3, 0.4) is 0 Å². The number of rotatable bonds is 4. The maximum Gasteiger partial charge on any atom is 0.0471 e. The molecular formula is C48H44O. The predicted octanol–water partition coefficient (Wildman–Crippen LogP) is 11.8. The van der Waals surface area contributed by atoms with E-state index in [4.69, 9.17) is 0 Å². The van der Waals surface area contributed by atoms with Gasteiger partial charge in [0.2, 0.25) is 0 Å². The van der Waals surface area contributed by atoms with Crippen LogP contribution in [0.5, 0.6) is 0 Å². The Labute approximate surface area is 291 Å². The van der Waals surface area contributed by atoms with Gasteiger partial charge in [-0.25, -0.2) is 0 Å². The molecule has 1 heteroatoms. The lowest BCUT2D eigenvalue weighted by atomic mass is 9.79. The largest absolute Gasteiger partial charge is 0.396 e. The summed E-state index contributed by atoms with van der Waals surface area (Å²) in [6.07, 6.45) is 0.694. The molecular weight excluding hydrogens is 593 g/mol. The zero-order valence-corrected chi connectivity index (χ0v) is 29.8. The van der Waals surface area contributed by atoms with Gasteiger partial charge in [-0.2, -0.15) is 0 Å². The Kier molecular flexibility index (Phi) is 6.29. The quantitative estimate of drug-likeness (QED) is 0.204. The molecule has 0 saturated heterocycles. The molecule has 0 bridgehead atoms. The van der Waals surface area contributed by atoms with Gasteiger partial charge in [-0.05, 0) is 132 Å². The molecule has 0 spiro atoms. The van der Waals surface area contributed by atoms with E-state index >= 15 is 0 Å². The number of fused-ring (bicyclic) bond motifs is 9. The molecule has 49 heavy (non-hydrogen) atoms. The van der Waals surface area contributed by atoms with Crippen LogP contribution in [-0.4, -0.2) is 11.7 Å². The molecule has 3 aliphatic carbocycles. The number of aryl methyl sites for hydroxylation is 1. The van der Waals surface area contributed by atoms with Crippen molar-refractivity contribution < 1.29 is 5.11 Å². The topological polar surface area (TPSA) is 20.2 Å². The van der Waals surface area contributed by atoms with Crippen molar-refractivity contribution in [2.24, 2.45) is 0 Å². The summed E-state index contributed by atoms with van der Waals surface area (Å²) in [5, 5.41) is 9.54. The van der Waals surface area contributed by atoms with E-state index in [2.05, 4.69) is 158 Å². The monoisotopic (exact) mass is 636 g/mol.